The van der Waals surface area contributed by atoms with Gasteiger partial charge >= 0.3 is 0 Å². The fourth-order valence-corrected chi connectivity index (χ4v) is 7.60. The molecule has 2 atom stereocenters. The molecule has 2 aliphatic rings. The minimum atomic E-state index is -3.54. The van der Waals surface area contributed by atoms with Gasteiger partial charge in [-0.05, 0) is 41.7 Å². The van der Waals surface area contributed by atoms with Gasteiger partial charge in [-0.25, -0.2) is 13.1 Å². The van der Waals surface area contributed by atoms with E-state index in [9.17, 15) is 13.2 Å². The molecule has 2 saturated carbocycles. The third-order valence-electron chi connectivity index (χ3n) is 7.73. The molecule has 30 heavy (non-hydrogen) atoms. The van der Waals surface area contributed by atoms with E-state index in [-0.39, 0.29) is 22.9 Å². The van der Waals surface area contributed by atoms with Crippen LogP contribution in [0.25, 0.3) is 0 Å². The zero-order valence-corrected chi connectivity index (χ0v) is 18.6. The molecule has 2 aromatic carbocycles. The molecule has 4 rings (SSSR count). The minimum Gasteiger partial charge on any atom is -0.299 e. The Labute approximate surface area is 180 Å². The van der Waals surface area contributed by atoms with Crippen LogP contribution >= 0.6 is 0 Å². The number of benzene rings is 2. The molecule has 2 aromatic rings. The van der Waals surface area contributed by atoms with Crippen LogP contribution in [0.1, 0.15) is 56.6 Å². The SMILES string of the molecule is CC1(C)C2CCC1(CS(=O)(=O)NCCC(c1ccccc1)c1ccccc1)C(=O)C2. The second-order valence-corrected chi connectivity index (χ2v) is 11.3. The van der Waals surface area contributed by atoms with Crippen molar-refractivity contribution in [1.29, 1.82) is 0 Å². The van der Waals surface area contributed by atoms with E-state index in [0.29, 0.717) is 31.7 Å². The van der Waals surface area contributed by atoms with Crippen LogP contribution in [-0.4, -0.2) is 26.5 Å². The van der Waals surface area contributed by atoms with E-state index in [1.807, 2.05) is 36.4 Å². The number of rotatable bonds is 8. The Morgan fingerprint density at radius 2 is 1.57 bits per heavy atom. The van der Waals surface area contributed by atoms with Crippen LogP contribution in [0.4, 0.5) is 0 Å². The van der Waals surface area contributed by atoms with E-state index in [0.717, 1.165) is 6.42 Å². The predicted molar refractivity (Wildman–Crippen MR) is 120 cm³/mol. The van der Waals surface area contributed by atoms with Crippen molar-refractivity contribution in [2.24, 2.45) is 16.7 Å². The fourth-order valence-electron chi connectivity index (χ4n) is 5.74. The van der Waals surface area contributed by atoms with Gasteiger partial charge in [-0.15, -0.1) is 0 Å². The van der Waals surface area contributed by atoms with Gasteiger partial charge in [0.1, 0.15) is 5.78 Å². The quantitative estimate of drug-likeness (QED) is 0.676. The Hall–Kier alpha value is -1.98. The van der Waals surface area contributed by atoms with Crippen molar-refractivity contribution in [1.82, 2.24) is 4.72 Å². The molecule has 0 aromatic heterocycles. The highest BCUT2D eigenvalue weighted by Gasteiger charge is 2.65. The van der Waals surface area contributed by atoms with Gasteiger partial charge in [0.05, 0.1) is 5.75 Å². The molecule has 2 unspecified atom stereocenters. The number of carbonyl (C=O) groups is 1. The molecule has 0 aliphatic heterocycles. The second-order valence-electron chi connectivity index (χ2n) is 9.48. The average molecular weight is 426 g/mol. The lowest BCUT2D eigenvalue weighted by molar-refractivity contribution is -0.128. The number of sulfonamides is 1. The maximum absolute atomic E-state index is 13.0. The van der Waals surface area contributed by atoms with Crippen molar-refractivity contribution in [2.45, 2.75) is 45.4 Å². The normalized spacial score (nSPS) is 25.2. The smallest absolute Gasteiger partial charge is 0.212 e. The first kappa shape index (κ1) is 21.3. The third-order valence-corrected chi connectivity index (χ3v) is 9.25. The summed E-state index contributed by atoms with van der Waals surface area (Å²) >= 11 is 0. The largest absolute Gasteiger partial charge is 0.299 e. The Balaban J connectivity index is 1.46. The molecule has 2 bridgehead atoms. The third kappa shape index (κ3) is 3.74. The van der Waals surface area contributed by atoms with Crippen molar-refractivity contribution in [3.63, 3.8) is 0 Å². The molecule has 160 valence electrons. The van der Waals surface area contributed by atoms with Crippen molar-refractivity contribution in [3.8, 4) is 0 Å². The summed E-state index contributed by atoms with van der Waals surface area (Å²) in [6.45, 7) is 4.50. The number of ketones is 1. The maximum Gasteiger partial charge on any atom is 0.212 e. The number of carbonyl (C=O) groups excluding carboxylic acids is 1. The summed E-state index contributed by atoms with van der Waals surface area (Å²) in [6.07, 6.45) is 2.85. The van der Waals surface area contributed by atoms with Gasteiger partial charge in [-0.3, -0.25) is 4.79 Å². The summed E-state index contributed by atoms with van der Waals surface area (Å²) in [5, 5.41) is 0. The van der Waals surface area contributed by atoms with Gasteiger partial charge in [0.15, 0.2) is 0 Å². The van der Waals surface area contributed by atoms with Crippen molar-refractivity contribution < 1.29 is 13.2 Å². The van der Waals surface area contributed by atoms with E-state index in [1.54, 1.807) is 0 Å². The lowest BCUT2D eigenvalue weighted by Crippen LogP contribution is -2.45. The molecule has 2 fully saturated rings. The topological polar surface area (TPSA) is 63.2 Å². The lowest BCUT2D eigenvalue weighted by atomic mass is 9.70. The minimum absolute atomic E-state index is 0.0797. The molecule has 5 heteroatoms. The summed E-state index contributed by atoms with van der Waals surface area (Å²) in [5.74, 6) is 0.499. The van der Waals surface area contributed by atoms with Gasteiger partial charge in [-0.2, -0.15) is 0 Å². The first-order chi connectivity index (χ1) is 14.3. The lowest BCUT2D eigenvalue weighted by Gasteiger charge is -2.36. The number of nitrogens with one attached hydrogen (secondary N) is 1. The first-order valence-corrected chi connectivity index (χ1v) is 12.5. The molecule has 4 nitrogen and oxygen atoms in total. The van der Waals surface area contributed by atoms with E-state index >= 15 is 0 Å². The first-order valence-electron chi connectivity index (χ1n) is 10.9. The predicted octanol–water partition coefficient (Wildman–Crippen LogP) is 4.52. The highest BCUT2D eigenvalue weighted by Crippen LogP contribution is 2.64. The summed E-state index contributed by atoms with van der Waals surface area (Å²) < 4.78 is 28.8. The van der Waals surface area contributed by atoms with Gasteiger partial charge in [0.2, 0.25) is 10.0 Å². The number of hydrogen-bond acceptors (Lipinski definition) is 3. The summed E-state index contributed by atoms with van der Waals surface area (Å²) in [4.78, 5) is 12.7. The maximum atomic E-state index is 13.0. The number of fused-ring (bicyclic) bond motifs is 2. The zero-order valence-electron chi connectivity index (χ0n) is 17.8. The summed E-state index contributed by atoms with van der Waals surface area (Å²) in [6, 6.07) is 20.4. The molecule has 1 N–H and O–H groups in total. The van der Waals surface area contributed by atoms with Gasteiger partial charge in [0, 0.05) is 24.3 Å². The van der Waals surface area contributed by atoms with Crippen molar-refractivity contribution >= 4 is 15.8 Å². The van der Waals surface area contributed by atoms with Gasteiger partial charge in [-0.1, -0.05) is 74.5 Å². The Bertz CT molecular complexity index is 962. The van der Waals surface area contributed by atoms with Crippen LogP contribution in [0.5, 0.6) is 0 Å². The van der Waals surface area contributed by atoms with Crippen molar-refractivity contribution in [2.75, 3.05) is 12.3 Å². The molecule has 2 aliphatic carbocycles. The molecule has 0 amide bonds. The summed E-state index contributed by atoms with van der Waals surface area (Å²) in [7, 11) is -3.54. The van der Waals surface area contributed by atoms with Crippen LogP contribution in [0.2, 0.25) is 0 Å². The number of Topliss-reactive ketones (excluding diaryl/α,β-unsaturated/α-hetero) is 1. The van der Waals surface area contributed by atoms with Crippen LogP contribution in [0.15, 0.2) is 60.7 Å². The number of hydrogen-bond donors (Lipinski definition) is 1. The van der Waals surface area contributed by atoms with Crippen LogP contribution in [-0.2, 0) is 14.8 Å². The Kier molecular flexibility index (Phi) is 5.62. The van der Waals surface area contributed by atoms with Crippen LogP contribution in [0, 0.1) is 16.7 Å². The summed E-state index contributed by atoms with van der Waals surface area (Å²) in [5.41, 5.74) is 1.39. The second kappa shape index (κ2) is 7.93. The van der Waals surface area contributed by atoms with E-state index < -0.39 is 15.4 Å². The van der Waals surface area contributed by atoms with E-state index in [4.69, 9.17) is 0 Å². The monoisotopic (exact) mass is 425 g/mol. The van der Waals surface area contributed by atoms with E-state index in [1.165, 1.54) is 11.1 Å². The van der Waals surface area contributed by atoms with Crippen molar-refractivity contribution in [3.05, 3.63) is 71.8 Å². The van der Waals surface area contributed by atoms with Crippen LogP contribution < -0.4 is 4.72 Å². The van der Waals surface area contributed by atoms with Gasteiger partial charge in [0.25, 0.3) is 0 Å². The van der Waals surface area contributed by atoms with Crippen LogP contribution in [0.3, 0.4) is 0 Å². The Morgan fingerprint density at radius 1 is 1.00 bits per heavy atom. The highest BCUT2D eigenvalue weighted by atomic mass is 32.2. The average Bonchev–Trinajstić information content (AvgIpc) is 3.06. The molecular weight excluding hydrogens is 394 g/mol. The van der Waals surface area contributed by atoms with E-state index in [2.05, 4.69) is 42.8 Å². The Morgan fingerprint density at radius 3 is 2.03 bits per heavy atom. The van der Waals surface area contributed by atoms with Gasteiger partial charge < -0.3 is 0 Å². The molecule has 0 heterocycles. The fraction of sp³-hybridized carbons (Fsp3) is 0.480. The molecular formula is C25H31NO3S. The highest BCUT2D eigenvalue weighted by molar-refractivity contribution is 7.89. The molecule has 0 radical (unpaired) electrons. The molecule has 0 saturated heterocycles. The molecule has 0 spiro atoms. The standard InChI is InChI=1S/C25H31NO3S/c1-24(2)21-13-15-25(24,23(27)17-21)18-30(28,29)26-16-14-22(19-9-5-3-6-10-19)20-11-7-4-8-12-20/h3-12,21-22,26H,13-18H2,1-2H3. The zero-order chi connectivity index (χ0) is 21.4.